The van der Waals surface area contributed by atoms with E-state index in [0.29, 0.717) is 94.9 Å². The number of alkyl halides is 15. The second-order valence-electron chi connectivity index (χ2n) is 36.9. The van der Waals surface area contributed by atoms with E-state index in [0.717, 1.165) is 109 Å². The number of likely N-dealkylation sites (tertiary alicyclic amines) is 1. The molecule has 0 aliphatic carbocycles. The van der Waals surface area contributed by atoms with Crippen molar-refractivity contribution in [2.24, 2.45) is 0 Å². The summed E-state index contributed by atoms with van der Waals surface area (Å²) in [6.45, 7) is 32.8. The van der Waals surface area contributed by atoms with E-state index in [1.807, 2.05) is 95.2 Å². The number of benzene rings is 6. The molecule has 5 aliphatic rings. The number of hydrogen-bond donors (Lipinski definition) is 5. The van der Waals surface area contributed by atoms with Gasteiger partial charge in [0.15, 0.2) is 0 Å². The fraction of sp³-hybridized carbons (Fsp3) is 0.444. The number of fused-ring (bicyclic) bond motifs is 4. The summed E-state index contributed by atoms with van der Waals surface area (Å²) >= 11 is 6.21. The average molecular weight is 2210 g/mol. The van der Waals surface area contributed by atoms with Gasteiger partial charge in [0.25, 0.3) is 5.69 Å². The van der Waals surface area contributed by atoms with Gasteiger partial charge in [-0.3, -0.25) is 30.1 Å². The van der Waals surface area contributed by atoms with Gasteiger partial charge in [-0.15, -0.1) is 0 Å². The zero-order valence-corrected chi connectivity index (χ0v) is 88.5. The summed E-state index contributed by atoms with van der Waals surface area (Å²) in [5.74, 6) is 0.392. The maximum atomic E-state index is 13.3. The van der Waals surface area contributed by atoms with E-state index in [1.54, 1.807) is 96.1 Å². The molecule has 0 bridgehead atoms. The predicted octanol–water partition coefficient (Wildman–Crippen LogP) is 21.5. The van der Waals surface area contributed by atoms with Crippen LogP contribution in [0.4, 0.5) is 91.6 Å². The van der Waals surface area contributed by atoms with Crippen molar-refractivity contribution in [1.29, 1.82) is 0 Å². The number of anilines is 1. The zero-order valence-electron chi connectivity index (χ0n) is 82.5. The minimum absolute atomic E-state index is 0. The number of amides is 3. The smallest absolute Gasteiger partial charge is 0.744 e. The number of nitrogens with zero attached hydrogens (tertiary/aromatic N) is 8. The number of halogens is 17. The number of nitro benzene ring substituents is 1. The predicted molar refractivity (Wildman–Crippen MR) is 522 cm³/mol. The van der Waals surface area contributed by atoms with Crippen LogP contribution >= 0.6 is 31.9 Å². The molecular formula is C99H115BBr2F15N10NaO16S. The van der Waals surface area contributed by atoms with Crippen molar-refractivity contribution in [3.05, 3.63) is 246 Å². The molecule has 4 aromatic heterocycles. The first-order valence-electron chi connectivity index (χ1n) is 45.3. The number of aliphatic hydroxyl groups excluding tert-OH is 3. The minimum Gasteiger partial charge on any atom is -0.744 e. The van der Waals surface area contributed by atoms with Gasteiger partial charge in [0.05, 0.1) is 84.1 Å². The van der Waals surface area contributed by atoms with Crippen LogP contribution in [0.25, 0.3) is 49.2 Å². The first kappa shape index (κ1) is 124. The molecule has 0 atom stereocenters. The Hall–Kier alpha value is -9.91. The van der Waals surface area contributed by atoms with Crippen molar-refractivity contribution in [1.82, 2.24) is 40.0 Å². The number of non-ortho nitro benzene ring substituents is 1. The van der Waals surface area contributed by atoms with Gasteiger partial charge in [0, 0.05) is 112 Å². The fourth-order valence-electron chi connectivity index (χ4n) is 14.8. The molecule has 5 aliphatic heterocycles. The average Bonchev–Trinajstić information content (AvgIpc) is 1.62. The van der Waals surface area contributed by atoms with Gasteiger partial charge >= 0.3 is 85.8 Å². The van der Waals surface area contributed by atoms with Gasteiger partial charge < -0.3 is 69.1 Å². The summed E-state index contributed by atoms with van der Waals surface area (Å²) in [7, 11) is -4.93. The molecule has 0 spiro atoms. The summed E-state index contributed by atoms with van der Waals surface area (Å²) in [5, 5.41) is 39.6. The van der Waals surface area contributed by atoms with Crippen molar-refractivity contribution in [3.8, 4) is 0 Å². The monoisotopic (exact) mass is 2210 g/mol. The van der Waals surface area contributed by atoms with Crippen LogP contribution in [0.2, 0.25) is 0 Å². The molecular weight excluding hydrogens is 2100 g/mol. The maximum Gasteiger partial charge on any atom is 1.00 e. The molecule has 15 rings (SSSR count). The molecule has 9 heterocycles. The number of carbonyl (C=O) groups excluding carboxylic acids is 3. The molecule has 3 saturated heterocycles. The number of nitrogen functional groups attached to an aromatic ring is 1. The Bertz CT molecular complexity index is 6220. The minimum atomic E-state index is -4.61. The van der Waals surface area contributed by atoms with Gasteiger partial charge in [0.2, 0.25) is 0 Å². The number of aliphatic hydroxyl groups is 3. The Morgan fingerprint density at radius 3 is 1.26 bits per heavy atom. The van der Waals surface area contributed by atoms with Gasteiger partial charge in [-0.25, -0.2) is 22.8 Å². The van der Waals surface area contributed by atoms with Gasteiger partial charge in [-0.05, 0) is 260 Å². The van der Waals surface area contributed by atoms with Crippen molar-refractivity contribution in [2.45, 2.75) is 224 Å². The number of ether oxygens (including phenoxy) is 3. The second-order valence-corrected chi connectivity index (χ2v) is 40.1. The summed E-state index contributed by atoms with van der Waals surface area (Å²) in [4.78, 5) is 65.9. The van der Waals surface area contributed by atoms with E-state index >= 15 is 0 Å². The molecule has 0 saturated carbocycles. The molecule has 6 N–H and O–H groups in total. The van der Waals surface area contributed by atoms with Crippen LogP contribution in [0, 0.1) is 10.1 Å². The van der Waals surface area contributed by atoms with E-state index in [-0.39, 0.29) is 107 Å². The summed E-state index contributed by atoms with van der Waals surface area (Å²) in [6, 6.07) is 31.2. The van der Waals surface area contributed by atoms with Crippen molar-refractivity contribution in [2.75, 3.05) is 71.3 Å². The van der Waals surface area contributed by atoms with E-state index in [1.165, 1.54) is 55.1 Å². The Labute approximate surface area is 869 Å². The molecule has 46 heteroatoms. The van der Waals surface area contributed by atoms with E-state index in [9.17, 15) is 103 Å². The number of nitro groups is 1. The van der Waals surface area contributed by atoms with E-state index < -0.39 is 113 Å². The molecule has 0 unspecified atom stereocenters. The second kappa shape index (κ2) is 52.3. The Morgan fingerprint density at radius 2 is 0.890 bits per heavy atom. The largest absolute Gasteiger partial charge is 1.00 e. The number of hydrogen-bond acceptors (Lipinski definition) is 22. The number of aromatic nitrogens is 4. The summed E-state index contributed by atoms with van der Waals surface area (Å²) in [5.41, 5.74) is 3.14. The molecule has 145 heavy (non-hydrogen) atoms. The van der Waals surface area contributed by atoms with Crippen LogP contribution in [0.5, 0.6) is 0 Å². The van der Waals surface area contributed by atoms with Crippen LogP contribution in [0.3, 0.4) is 0 Å². The Morgan fingerprint density at radius 1 is 0.517 bits per heavy atom. The van der Waals surface area contributed by atoms with Gasteiger partial charge in [-0.2, -0.15) is 65.9 Å². The number of piperidine rings is 2. The fourth-order valence-corrected chi connectivity index (χ4v) is 16.2. The van der Waals surface area contributed by atoms with Crippen LogP contribution < -0.4 is 40.6 Å². The number of rotatable bonds is 8. The van der Waals surface area contributed by atoms with Gasteiger partial charge in [-0.1, -0.05) is 106 Å². The topological polar surface area (TPSA) is 358 Å². The standard InChI is InChI=1S/C20H23F3N2O2.C20H21F3N2O2.C16H28BNO4.C15H15F3N2.C10H5BrF3N.C7H5BrF3N.C6H5NO5S.C3H8O3.C2H6.Na/c2*1-19(2,3)27-18(26)25-11-8-13(9-12-25)14-6-7-16(20(21,22)23)17-15(14)5-4-10-24-17;1-14(2,3)20-13(19)18-10-8-12(9-11-18)17-21-15(4,5)16(6,7)22-17;16-15(17,18)13-4-3-11(10-5-8-19-9-6-10)12-2-1-7-20-14(12)13;11-8-4-3-7(10(12,13)14)9-6(8)2-1-5-15-9;8-4-1-2-5(6(12)3-4)7(9,10)11;8-7(9)5-2-1-3-6(4-5)13(10,11)12;4-1-3(6)2-5;1-2;/h4-7,10,13H,8-9,11-12H2,1-3H3;4-8,10H,9,11-12H2,1-3H3;8H,9-11H2,1-7H3;1-4,7,10,19H,5-6,8-9H2;1-5H;1-3H,12H2;1-4H,(H,10,11,12);3-6H,1-2H2;1-2H3;/q;;;;;;;;;+1/p-1. The number of pyridine rings is 4. The van der Waals surface area contributed by atoms with Gasteiger partial charge in [0.1, 0.15) is 33.0 Å². The molecule has 3 amide bonds. The van der Waals surface area contributed by atoms with Crippen molar-refractivity contribution < 1.29 is 167 Å². The third kappa shape index (κ3) is 36.5. The summed E-state index contributed by atoms with van der Waals surface area (Å²) in [6.07, 6.45) is -10.0. The van der Waals surface area contributed by atoms with Crippen molar-refractivity contribution in [3.63, 3.8) is 0 Å². The molecule has 10 aromatic rings. The first-order valence-corrected chi connectivity index (χ1v) is 48.3. The number of carbonyl (C=O) groups is 3. The first-order chi connectivity index (χ1) is 66.7. The molecule has 3 fully saturated rings. The molecule has 786 valence electrons. The molecule has 26 nitrogen and oxygen atoms in total. The van der Waals surface area contributed by atoms with Crippen molar-refractivity contribution >= 4 is 128 Å². The third-order valence-electron chi connectivity index (χ3n) is 22.4. The molecule has 6 aromatic carbocycles. The Kier molecular flexibility index (Phi) is 44.7. The zero-order chi connectivity index (χ0) is 108. The SMILES string of the molecule is CC.CC(C)(C)OC(=O)N1CC=C(B2OC(C)(C)C(C)(C)O2)CC1.CC(C)(C)OC(=O)N1CC=C(c2ccc(C(F)(F)F)c3ncccc23)CC1.CC(C)(C)OC(=O)N1CCC(c2ccc(C(F)(F)F)c3ncccc23)CC1.FC(F)(F)c1ccc(Br)c2cccnc12.FC(F)(F)c1ccc(C2CCNCC2)c2cccnc12.Nc1cc(Br)ccc1C(F)(F)F.O=[N+]([O-])c1cccc(S(=O)(=O)[O-])c1.OCC(O)CO.[Na+]. The third-order valence-corrected chi connectivity index (χ3v) is 24.4. The number of nitrogens with one attached hydrogen (secondary N) is 1. The van der Waals surface area contributed by atoms with E-state index in [4.69, 9.17) is 44.6 Å². The van der Waals surface area contributed by atoms with E-state index in [2.05, 4.69) is 57.1 Å². The number of nitrogens with two attached hydrogens (primary N) is 1. The van der Waals surface area contributed by atoms with Crippen LogP contribution in [0.15, 0.2) is 196 Å². The van der Waals surface area contributed by atoms with Crippen LogP contribution in [-0.2, 0) is 64.5 Å². The molecule has 0 radical (unpaired) electrons. The van der Waals surface area contributed by atoms with Crippen LogP contribution in [0.1, 0.15) is 199 Å². The summed E-state index contributed by atoms with van der Waals surface area (Å²) < 4.78 is 253. The van der Waals surface area contributed by atoms with Crippen LogP contribution in [-0.4, -0.2) is 193 Å². The normalized spacial score (nSPS) is 15.8. The quantitative estimate of drug-likeness (QED) is 0.0179. The Balaban J connectivity index is 0.000000259. The maximum absolute atomic E-state index is 13.3.